The Hall–Kier alpha value is -2.08. The first-order chi connectivity index (χ1) is 10.1. The molecule has 0 aliphatic carbocycles. The number of ether oxygens (including phenoxy) is 2. The highest BCUT2D eigenvalue weighted by Crippen LogP contribution is 2.21. The number of hydrogen-bond donors (Lipinski definition) is 2. The first kappa shape index (κ1) is 17.0. The van der Waals surface area contributed by atoms with Crippen LogP contribution in [-0.4, -0.2) is 45.7 Å². The maximum Gasteiger partial charge on any atom is 0.341 e. The molecule has 0 atom stereocenters. The fourth-order valence-corrected chi connectivity index (χ4v) is 1.71. The van der Waals surface area contributed by atoms with Gasteiger partial charge in [0, 0.05) is 13.1 Å². The minimum atomic E-state index is -0.476. The number of benzene rings is 1. The molecular weight excluding hydrogens is 272 g/mol. The summed E-state index contributed by atoms with van der Waals surface area (Å²) >= 11 is 0. The number of nitrogens with one attached hydrogen (secondary N) is 2. The van der Waals surface area contributed by atoms with E-state index in [-0.39, 0.29) is 12.5 Å². The van der Waals surface area contributed by atoms with Gasteiger partial charge in [-0.2, -0.15) is 0 Å². The molecule has 0 unspecified atom stereocenters. The Bertz CT molecular complexity index is 489. The van der Waals surface area contributed by atoms with E-state index in [1.54, 1.807) is 19.2 Å². The molecule has 0 radical (unpaired) electrons. The lowest BCUT2D eigenvalue weighted by Crippen LogP contribution is -2.34. The molecule has 0 saturated heterocycles. The number of methoxy groups -OCH3 is 1. The molecule has 116 valence electrons. The number of likely N-dealkylation sites (N-methyl/N-ethyl adjacent to an activating group) is 1. The standard InChI is InChI=1S/C15H22N2O4/c1-4-11-5-6-13(12(9-11)15(19)20-3)21-10-14(18)17-8-7-16-2/h5-6,9,16H,4,7-8,10H2,1-3H3,(H,17,18). The van der Waals surface area contributed by atoms with E-state index < -0.39 is 5.97 Å². The number of carbonyl (C=O) groups excluding carboxylic acids is 2. The van der Waals surface area contributed by atoms with Crippen LogP contribution in [0.25, 0.3) is 0 Å². The second-order valence-corrected chi connectivity index (χ2v) is 4.42. The lowest BCUT2D eigenvalue weighted by atomic mass is 10.1. The Morgan fingerprint density at radius 2 is 2.00 bits per heavy atom. The summed E-state index contributed by atoms with van der Waals surface area (Å²) in [7, 11) is 3.12. The van der Waals surface area contributed by atoms with E-state index in [1.165, 1.54) is 7.11 Å². The quantitative estimate of drug-likeness (QED) is 0.546. The Morgan fingerprint density at radius 1 is 1.24 bits per heavy atom. The van der Waals surface area contributed by atoms with Crippen LogP contribution in [0.5, 0.6) is 5.75 Å². The van der Waals surface area contributed by atoms with Gasteiger partial charge in [0.25, 0.3) is 5.91 Å². The predicted octanol–water partition coefficient (Wildman–Crippen LogP) is 0.750. The number of amides is 1. The van der Waals surface area contributed by atoms with E-state index in [0.717, 1.165) is 12.0 Å². The second-order valence-electron chi connectivity index (χ2n) is 4.42. The van der Waals surface area contributed by atoms with E-state index in [0.29, 0.717) is 24.4 Å². The number of esters is 1. The zero-order chi connectivity index (χ0) is 15.7. The summed E-state index contributed by atoms with van der Waals surface area (Å²) in [6.07, 6.45) is 0.800. The third-order valence-electron chi connectivity index (χ3n) is 2.91. The molecule has 0 bridgehead atoms. The average Bonchev–Trinajstić information content (AvgIpc) is 2.52. The molecule has 0 spiro atoms. The Morgan fingerprint density at radius 3 is 2.62 bits per heavy atom. The SMILES string of the molecule is CCc1ccc(OCC(=O)NCCNC)c(C(=O)OC)c1. The van der Waals surface area contributed by atoms with Crippen molar-refractivity contribution in [2.45, 2.75) is 13.3 Å². The molecule has 1 amide bonds. The van der Waals surface area contributed by atoms with Crippen molar-refractivity contribution in [2.75, 3.05) is 33.9 Å². The van der Waals surface area contributed by atoms with Crippen molar-refractivity contribution >= 4 is 11.9 Å². The van der Waals surface area contributed by atoms with E-state index in [1.807, 2.05) is 13.0 Å². The fraction of sp³-hybridized carbons (Fsp3) is 0.467. The minimum Gasteiger partial charge on any atom is -0.483 e. The smallest absolute Gasteiger partial charge is 0.341 e. The van der Waals surface area contributed by atoms with Crippen LogP contribution in [0.4, 0.5) is 0 Å². The number of rotatable bonds is 8. The first-order valence-electron chi connectivity index (χ1n) is 6.87. The van der Waals surface area contributed by atoms with Gasteiger partial charge in [0.15, 0.2) is 6.61 Å². The summed E-state index contributed by atoms with van der Waals surface area (Å²) in [6, 6.07) is 5.27. The van der Waals surface area contributed by atoms with Gasteiger partial charge in [-0.05, 0) is 31.2 Å². The molecule has 6 heteroatoms. The van der Waals surface area contributed by atoms with Crippen molar-refractivity contribution in [1.82, 2.24) is 10.6 Å². The first-order valence-corrected chi connectivity index (χ1v) is 6.87. The van der Waals surface area contributed by atoms with Crippen LogP contribution >= 0.6 is 0 Å². The second kappa shape index (κ2) is 8.97. The van der Waals surface area contributed by atoms with Crippen molar-refractivity contribution in [1.29, 1.82) is 0 Å². The van der Waals surface area contributed by atoms with Gasteiger partial charge in [-0.15, -0.1) is 0 Å². The summed E-state index contributed by atoms with van der Waals surface area (Å²) in [5.41, 5.74) is 1.33. The monoisotopic (exact) mass is 294 g/mol. The average molecular weight is 294 g/mol. The van der Waals surface area contributed by atoms with Gasteiger partial charge in [0.05, 0.1) is 7.11 Å². The molecule has 0 aliphatic rings. The Kier molecular flexibility index (Phi) is 7.25. The summed E-state index contributed by atoms with van der Waals surface area (Å²) in [4.78, 5) is 23.3. The number of carbonyl (C=O) groups is 2. The van der Waals surface area contributed by atoms with Crippen LogP contribution < -0.4 is 15.4 Å². The van der Waals surface area contributed by atoms with Crippen LogP contribution in [0.2, 0.25) is 0 Å². The number of hydrogen-bond acceptors (Lipinski definition) is 5. The third-order valence-corrected chi connectivity index (χ3v) is 2.91. The van der Waals surface area contributed by atoms with E-state index in [9.17, 15) is 9.59 Å². The minimum absolute atomic E-state index is 0.140. The molecule has 0 aliphatic heterocycles. The maximum atomic E-state index is 11.7. The molecule has 0 heterocycles. The molecule has 21 heavy (non-hydrogen) atoms. The molecule has 0 saturated carbocycles. The molecule has 2 N–H and O–H groups in total. The van der Waals surface area contributed by atoms with Crippen molar-refractivity contribution < 1.29 is 19.1 Å². The van der Waals surface area contributed by atoms with Crippen LogP contribution in [-0.2, 0) is 16.0 Å². The lowest BCUT2D eigenvalue weighted by Gasteiger charge is -2.11. The third kappa shape index (κ3) is 5.43. The van der Waals surface area contributed by atoms with Crippen LogP contribution in [0.3, 0.4) is 0 Å². The molecular formula is C15H22N2O4. The zero-order valence-electron chi connectivity index (χ0n) is 12.7. The lowest BCUT2D eigenvalue weighted by molar-refractivity contribution is -0.123. The van der Waals surface area contributed by atoms with Gasteiger partial charge < -0.3 is 20.1 Å². The highest BCUT2D eigenvalue weighted by atomic mass is 16.5. The van der Waals surface area contributed by atoms with E-state index in [2.05, 4.69) is 10.6 Å². The van der Waals surface area contributed by atoms with Crippen LogP contribution in [0, 0.1) is 0 Å². The summed E-state index contributed by atoms with van der Waals surface area (Å²) in [6.45, 7) is 3.06. The zero-order valence-corrected chi connectivity index (χ0v) is 12.7. The molecule has 1 aromatic rings. The molecule has 1 aromatic carbocycles. The highest BCUT2D eigenvalue weighted by Gasteiger charge is 2.14. The topological polar surface area (TPSA) is 76.7 Å². The summed E-state index contributed by atoms with van der Waals surface area (Å²) in [5, 5.41) is 5.62. The van der Waals surface area contributed by atoms with Gasteiger partial charge >= 0.3 is 5.97 Å². The summed E-state index contributed by atoms with van der Waals surface area (Å²) < 4.78 is 10.2. The largest absolute Gasteiger partial charge is 0.483 e. The molecule has 0 aromatic heterocycles. The van der Waals surface area contributed by atoms with Gasteiger partial charge in [-0.25, -0.2) is 4.79 Å². The molecule has 0 fully saturated rings. The normalized spacial score (nSPS) is 10.0. The van der Waals surface area contributed by atoms with Gasteiger partial charge in [-0.1, -0.05) is 13.0 Å². The Labute approximate surface area is 124 Å². The van der Waals surface area contributed by atoms with Crippen LogP contribution in [0.15, 0.2) is 18.2 Å². The van der Waals surface area contributed by atoms with Gasteiger partial charge in [0.1, 0.15) is 11.3 Å². The fourth-order valence-electron chi connectivity index (χ4n) is 1.71. The van der Waals surface area contributed by atoms with E-state index >= 15 is 0 Å². The molecule has 1 rings (SSSR count). The van der Waals surface area contributed by atoms with Crippen molar-refractivity contribution in [3.63, 3.8) is 0 Å². The highest BCUT2D eigenvalue weighted by molar-refractivity contribution is 5.92. The van der Waals surface area contributed by atoms with Crippen molar-refractivity contribution in [3.8, 4) is 5.75 Å². The van der Waals surface area contributed by atoms with Gasteiger partial charge in [-0.3, -0.25) is 4.79 Å². The van der Waals surface area contributed by atoms with Crippen molar-refractivity contribution in [2.24, 2.45) is 0 Å². The van der Waals surface area contributed by atoms with Gasteiger partial charge in [0.2, 0.25) is 0 Å². The summed E-state index contributed by atoms with van der Waals surface area (Å²) in [5.74, 6) is -0.362. The molecule has 6 nitrogen and oxygen atoms in total. The number of aryl methyl sites for hydroxylation is 1. The van der Waals surface area contributed by atoms with Crippen LogP contribution in [0.1, 0.15) is 22.8 Å². The maximum absolute atomic E-state index is 11.7. The van der Waals surface area contributed by atoms with E-state index in [4.69, 9.17) is 9.47 Å². The predicted molar refractivity (Wildman–Crippen MR) is 79.6 cm³/mol. The van der Waals surface area contributed by atoms with Crippen molar-refractivity contribution in [3.05, 3.63) is 29.3 Å². The Balaban J connectivity index is 2.69.